The van der Waals surface area contributed by atoms with Gasteiger partial charge in [-0.15, -0.1) is 0 Å². The third-order valence-electron chi connectivity index (χ3n) is 5.61. The number of H-pyrrole nitrogens is 1. The van der Waals surface area contributed by atoms with Gasteiger partial charge in [0.15, 0.2) is 0 Å². The molecular weight excluding hydrogens is 300 g/mol. The molecule has 5 nitrogen and oxygen atoms in total. The summed E-state index contributed by atoms with van der Waals surface area (Å²) in [7, 11) is 0. The number of hydrogen-bond donors (Lipinski definition) is 2. The van der Waals surface area contributed by atoms with Crippen LogP contribution in [0.1, 0.15) is 68.6 Å². The van der Waals surface area contributed by atoms with Gasteiger partial charge in [-0.3, -0.25) is 9.89 Å². The van der Waals surface area contributed by atoms with E-state index in [1.165, 1.54) is 45.2 Å². The highest BCUT2D eigenvalue weighted by Gasteiger charge is 2.33. The van der Waals surface area contributed by atoms with Crippen LogP contribution in [0.25, 0.3) is 0 Å². The summed E-state index contributed by atoms with van der Waals surface area (Å²) in [6, 6.07) is 2.58. The van der Waals surface area contributed by atoms with Crippen LogP contribution < -0.4 is 5.32 Å². The van der Waals surface area contributed by atoms with Crippen LogP contribution in [-0.4, -0.2) is 46.7 Å². The van der Waals surface area contributed by atoms with Crippen molar-refractivity contribution in [2.24, 2.45) is 11.8 Å². The first-order valence-corrected chi connectivity index (χ1v) is 9.70. The van der Waals surface area contributed by atoms with Crippen LogP contribution >= 0.6 is 0 Å². The average molecular weight is 332 g/mol. The Morgan fingerprint density at radius 1 is 1.33 bits per heavy atom. The largest absolute Gasteiger partial charge is 0.350 e. The van der Waals surface area contributed by atoms with Gasteiger partial charge in [0.25, 0.3) is 5.91 Å². The minimum absolute atomic E-state index is 0.0324. The Bertz CT molecular complexity index is 537. The van der Waals surface area contributed by atoms with Gasteiger partial charge in [-0.2, -0.15) is 5.10 Å². The normalized spacial score (nSPS) is 24.8. The molecule has 0 spiro atoms. The van der Waals surface area contributed by atoms with E-state index in [9.17, 15) is 4.79 Å². The van der Waals surface area contributed by atoms with Crippen molar-refractivity contribution in [1.82, 2.24) is 20.4 Å². The molecule has 2 fully saturated rings. The number of carbonyl (C=O) groups excluding carboxylic acids is 1. The number of carbonyl (C=O) groups is 1. The molecule has 2 atom stereocenters. The van der Waals surface area contributed by atoms with Gasteiger partial charge in [0, 0.05) is 18.3 Å². The molecule has 1 amide bonds. The summed E-state index contributed by atoms with van der Waals surface area (Å²) >= 11 is 0. The Morgan fingerprint density at radius 3 is 3.00 bits per heavy atom. The van der Waals surface area contributed by atoms with E-state index in [1.54, 1.807) is 0 Å². The van der Waals surface area contributed by atoms with Crippen molar-refractivity contribution in [3.8, 4) is 0 Å². The molecule has 24 heavy (non-hydrogen) atoms. The molecule has 3 heterocycles. The smallest absolute Gasteiger partial charge is 0.271 e. The third kappa shape index (κ3) is 4.38. The van der Waals surface area contributed by atoms with E-state index in [2.05, 4.69) is 34.3 Å². The second kappa shape index (κ2) is 8.15. The number of nitrogens with one attached hydrogen (secondary N) is 2. The maximum atomic E-state index is 12.4. The van der Waals surface area contributed by atoms with Crippen molar-refractivity contribution >= 4 is 5.91 Å². The van der Waals surface area contributed by atoms with E-state index in [4.69, 9.17) is 0 Å². The first-order valence-electron chi connectivity index (χ1n) is 9.70. The Labute approximate surface area is 145 Å². The molecule has 1 aromatic rings. The van der Waals surface area contributed by atoms with Gasteiger partial charge < -0.3 is 10.2 Å². The van der Waals surface area contributed by atoms with Gasteiger partial charge in [-0.25, -0.2) is 0 Å². The lowest BCUT2D eigenvalue weighted by Gasteiger charge is -2.44. The van der Waals surface area contributed by atoms with Gasteiger partial charge in [0.1, 0.15) is 5.69 Å². The van der Waals surface area contributed by atoms with Crippen LogP contribution in [0.15, 0.2) is 6.07 Å². The Hall–Kier alpha value is -1.36. The zero-order chi connectivity index (χ0) is 16.9. The minimum Gasteiger partial charge on any atom is -0.350 e. The average Bonchev–Trinajstić information content (AvgIpc) is 3.07. The number of hydrogen-bond acceptors (Lipinski definition) is 3. The zero-order valence-electron chi connectivity index (χ0n) is 15.2. The first-order chi connectivity index (χ1) is 11.6. The molecule has 2 aliphatic rings. The van der Waals surface area contributed by atoms with Crippen LogP contribution in [0, 0.1) is 11.8 Å². The lowest BCUT2D eigenvalue weighted by molar-refractivity contribution is 0.0575. The van der Waals surface area contributed by atoms with Gasteiger partial charge >= 0.3 is 0 Å². The quantitative estimate of drug-likeness (QED) is 0.842. The number of aromatic nitrogens is 2. The molecule has 1 aromatic heterocycles. The molecule has 0 aliphatic carbocycles. The second-order valence-corrected chi connectivity index (χ2v) is 7.92. The Morgan fingerprint density at radius 2 is 2.17 bits per heavy atom. The highest BCUT2D eigenvalue weighted by atomic mass is 16.1. The predicted molar refractivity (Wildman–Crippen MR) is 96.0 cm³/mol. The van der Waals surface area contributed by atoms with E-state index >= 15 is 0 Å². The predicted octanol–water partition coefficient (Wildman–Crippen LogP) is 2.99. The van der Waals surface area contributed by atoms with Crippen LogP contribution in [0.2, 0.25) is 0 Å². The Balaban J connectivity index is 1.49. The van der Waals surface area contributed by atoms with Crippen molar-refractivity contribution in [2.45, 2.75) is 64.8 Å². The number of nitrogens with zero attached hydrogens (tertiary/aromatic N) is 2. The summed E-state index contributed by atoms with van der Waals surface area (Å²) in [6.07, 6.45) is 8.54. The standard InChI is InChI=1S/C19H32N4O/c1-14(2)8-9-16-12-17(22-21-16)19(24)20-13-15-6-5-11-23-10-4-3-7-18(15)23/h12,14-15,18H,3-11,13H2,1-2H3,(H,20,24)(H,21,22)/t15-,18+/m1/s1. The van der Waals surface area contributed by atoms with Crippen molar-refractivity contribution in [2.75, 3.05) is 19.6 Å². The van der Waals surface area contributed by atoms with Crippen molar-refractivity contribution in [1.29, 1.82) is 0 Å². The molecule has 0 radical (unpaired) electrons. The van der Waals surface area contributed by atoms with Crippen LogP contribution in [0.4, 0.5) is 0 Å². The summed E-state index contributed by atoms with van der Waals surface area (Å²) in [4.78, 5) is 15.0. The molecule has 2 saturated heterocycles. The number of amides is 1. The summed E-state index contributed by atoms with van der Waals surface area (Å²) in [6.45, 7) is 7.70. The zero-order valence-corrected chi connectivity index (χ0v) is 15.2. The fraction of sp³-hybridized carbons (Fsp3) is 0.789. The maximum Gasteiger partial charge on any atom is 0.271 e. The second-order valence-electron chi connectivity index (χ2n) is 7.92. The lowest BCUT2D eigenvalue weighted by atomic mass is 9.83. The SMILES string of the molecule is CC(C)CCc1cc(C(=O)NC[C@H]2CCCN3CCCC[C@@H]23)n[nH]1. The minimum atomic E-state index is -0.0324. The van der Waals surface area contributed by atoms with Crippen LogP contribution in [0.3, 0.4) is 0 Å². The molecule has 134 valence electrons. The number of rotatable bonds is 6. The molecule has 2 aliphatic heterocycles. The van der Waals surface area contributed by atoms with Gasteiger partial charge in [-0.1, -0.05) is 20.3 Å². The highest BCUT2D eigenvalue weighted by molar-refractivity contribution is 5.92. The first kappa shape index (κ1) is 17.5. The molecule has 0 saturated carbocycles. The summed E-state index contributed by atoms with van der Waals surface area (Å²) in [5, 5.41) is 10.3. The van der Waals surface area contributed by atoms with Gasteiger partial charge in [0.2, 0.25) is 0 Å². The molecule has 0 aromatic carbocycles. The van der Waals surface area contributed by atoms with E-state index in [0.717, 1.165) is 25.1 Å². The lowest BCUT2D eigenvalue weighted by Crippen LogP contribution is -2.51. The van der Waals surface area contributed by atoms with Crippen molar-refractivity contribution in [3.05, 3.63) is 17.5 Å². The molecular formula is C19H32N4O. The third-order valence-corrected chi connectivity index (χ3v) is 5.61. The number of aryl methyl sites for hydroxylation is 1. The fourth-order valence-corrected chi connectivity index (χ4v) is 4.18. The molecule has 5 heteroatoms. The van der Waals surface area contributed by atoms with Crippen LogP contribution in [-0.2, 0) is 6.42 Å². The summed E-state index contributed by atoms with van der Waals surface area (Å²) < 4.78 is 0. The topological polar surface area (TPSA) is 61.0 Å². The van der Waals surface area contributed by atoms with Crippen molar-refractivity contribution in [3.63, 3.8) is 0 Å². The van der Waals surface area contributed by atoms with E-state index in [-0.39, 0.29) is 5.91 Å². The van der Waals surface area contributed by atoms with E-state index in [0.29, 0.717) is 23.6 Å². The molecule has 2 N–H and O–H groups in total. The molecule has 3 rings (SSSR count). The number of fused-ring (bicyclic) bond motifs is 1. The monoisotopic (exact) mass is 332 g/mol. The Kier molecular flexibility index (Phi) is 5.93. The number of piperidine rings is 2. The van der Waals surface area contributed by atoms with E-state index in [1.807, 2.05) is 6.07 Å². The molecule has 0 unspecified atom stereocenters. The number of aromatic amines is 1. The molecule has 0 bridgehead atoms. The van der Waals surface area contributed by atoms with Crippen molar-refractivity contribution < 1.29 is 4.79 Å². The highest BCUT2D eigenvalue weighted by Crippen LogP contribution is 2.30. The fourth-order valence-electron chi connectivity index (χ4n) is 4.18. The summed E-state index contributed by atoms with van der Waals surface area (Å²) in [5.74, 6) is 1.23. The van der Waals surface area contributed by atoms with Crippen LogP contribution in [0.5, 0.6) is 0 Å². The summed E-state index contributed by atoms with van der Waals surface area (Å²) in [5.41, 5.74) is 1.59. The van der Waals surface area contributed by atoms with E-state index < -0.39 is 0 Å². The van der Waals surface area contributed by atoms with Gasteiger partial charge in [0.05, 0.1) is 0 Å². The van der Waals surface area contributed by atoms with Gasteiger partial charge in [-0.05, 0) is 69.5 Å². The maximum absolute atomic E-state index is 12.4.